The van der Waals surface area contributed by atoms with Crippen molar-refractivity contribution in [3.8, 4) is 0 Å². The second-order valence-electron chi connectivity index (χ2n) is 5.66. The first kappa shape index (κ1) is 12.4. The van der Waals surface area contributed by atoms with Crippen LogP contribution in [0.15, 0.2) is 0 Å². The summed E-state index contributed by atoms with van der Waals surface area (Å²) in [6, 6.07) is 0.865. The van der Waals surface area contributed by atoms with Gasteiger partial charge in [0, 0.05) is 19.2 Å². The Hall–Kier alpha value is -0.0800. The predicted molar refractivity (Wildman–Crippen MR) is 67.5 cm³/mol. The minimum atomic E-state index is 0.378. The Morgan fingerprint density at radius 1 is 0.938 bits per heavy atom. The van der Waals surface area contributed by atoms with Crippen molar-refractivity contribution in [2.24, 2.45) is 5.92 Å². The first-order valence-corrected chi connectivity index (χ1v) is 7.25. The molecule has 0 bridgehead atoms. The van der Waals surface area contributed by atoms with Crippen LogP contribution >= 0.6 is 0 Å². The van der Waals surface area contributed by atoms with Crippen LogP contribution in [0.2, 0.25) is 0 Å². The summed E-state index contributed by atoms with van der Waals surface area (Å²) in [7, 11) is 0. The van der Waals surface area contributed by atoms with E-state index in [2.05, 4.69) is 4.90 Å². The van der Waals surface area contributed by atoms with Gasteiger partial charge in [-0.25, -0.2) is 0 Å². The molecule has 2 aliphatic rings. The molecule has 0 aromatic rings. The number of likely N-dealkylation sites (tertiary alicyclic amines) is 1. The molecule has 1 aliphatic heterocycles. The summed E-state index contributed by atoms with van der Waals surface area (Å²) in [6.45, 7) is 2.95. The van der Waals surface area contributed by atoms with Gasteiger partial charge in [0.15, 0.2) is 0 Å². The van der Waals surface area contributed by atoms with Crippen LogP contribution < -0.4 is 0 Å². The maximum absolute atomic E-state index is 9.04. The van der Waals surface area contributed by atoms with Crippen LogP contribution in [0.3, 0.4) is 0 Å². The minimum absolute atomic E-state index is 0.378. The monoisotopic (exact) mass is 225 g/mol. The normalized spacial score (nSPS) is 30.2. The van der Waals surface area contributed by atoms with Crippen molar-refractivity contribution in [1.29, 1.82) is 0 Å². The zero-order valence-electron chi connectivity index (χ0n) is 10.5. The first-order chi connectivity index (χ1) is 7.90. The Kier molecular flexibility index (Phi) is 5.11. The molecule has 1 atom stereocenters. The molecule has 1 heterocycles. The standard InChI is InChI=1S/C14H27NO/c16-11-9-13-6-5-10-15(12-13)14-7-3-1-2-4-8-14/h13-14,16H,1-12H2. The topological polar surface area (TPSA) is 23.5 Å². The van der Waals surface area contributed by atoms with E-state index in [0.717, 1.165) is 18.4 Å². The fraction of sp³-hybridized carbons (Fsp3) is 1.00. The predicted octanol–water partition coefficient (Wildman–Crippen LogP) is 2.80. The lowest BCUT2D eigenvalue weighted by Gasteiger charge is -2.38. The molecule has 2 nitrogen and oxygen atoms in total. The molecule has 94 valence electrons. The van der Waals surface area contributed by atoms with Gasteiger partial charge in [-0.15, -0.1) is 0 Å². The number of aliphatic hydroxyl groups excluding tert-OH is 1. The second kappa shape index (κ2) is 6.61. The molecule has 0 aromatic carbocycles. The van der Waals surface area contributed by atoms with Gasteiger partial charge in [-0.05, 0) is 44.6 Å². The van der Waals surface area contributed by atoms with Gasteiger partial charge in [-0.1, -0.05) is 25.7 Å². The fourth-order valence-electron chi connectivity index (χ4n) is 3.47. The second-order valence-corrected chi connectivity index (χ2v) is 5.66. The lowest BCUT2D eigenvalue weighted by molar-refractivity contribution is 0.0991. The number of hydrogen-bond donors (Lipinski definition) is 1. The Labute approximate surface area is 100 Å². The van der Waals surface area contributed by atoms with Gasteiger partial charge in [-0.3, -0.25) is 0 Å². The summed E-state index contributed by atoms with van der Waals surface area (Å²) in [6.07, 6.45) is 12.3. The van der Waals surface area contributed by atoms with Crippen molar-refractivity contribution in [3.63, 3.8) is 0 Å². The van der Waals surface area contributed by atoms with E-state index in [1.54, 1.807) is 0 Å². The fourth-order valence-corrected chi connectivity index (χ4v) is 3.47. The molecule has 0 amide bonds. The summed E-state index contributed by atoms with van der Waals surface area (Å²) >= 11 is 0. The van der Waals surface area contributed by atoms with Crippen molar-refractivity contribution < 1.29 is 5.11 Å². The largest absolute Gasteiger partial charge is 0.396 e. The van der Waals surface area contributed by atoms with E-state index in [-0.39, 0.29) is 0 Å². The maximum Gasteiger partial charge on any atom is 0.0434 e. The molecule has 0 aromatic heterocycles. The molecular formula is C14H27NO. The highest BCUT2D eigenvalue weighted by Crippen LogP contribution is 2.27. The Morgan fingerprint density at radius 3 is 2.38 bits per heavy atom. The third kappa shape index (κ3) is 3.46. The average Bonchev–Trinajstić information content (AvgIpc) is 2.58. The Morgan fingerprint density at radius 2 is 1.69 bits per heavy atom. The molecule has 2 rings (SSSR count). The molecule has 0 radical (unpaired) electrons. The van der Waals surface area contributed by atoms with E-state index in [9.17, 15) is 0 Å². The number of aliphatic hydroxyl groups is 1. The van der Waals surface area contributed by atoms with Crippen molar-refractivity contribution in [1.82, 2.24) is 4.90 Å². The lowest BCUT2D eigenvalue weighted by Crippen LogP contribution is -2.42. The van der Waals surface area contributed by atoms with Crippen LogP contribution in [-0.4, -0.2) is 35.7 Å². The van der Waals surface area contributed by atoms with E-state index in [4.69, 9.17) is 5.11 Å². The molecule has 1 unspecified atom stereocenters. The van der Waals surface area contributed by atoms with E-state index in [1.807, 2.05) is 0 Å². The van der Waals surface area contributed by atoms with E-state index >= 15 is 0 Å². The molecule has 1 saturated heterocycles. The molecule has 1 saturated carbocycles. The maximum atomic E-state index is 9.04. The van der Waals surface area contributed by atoms with Gasteiger partial charge in [0.2, 0.25) is 0 Å². The van der Waals surface area contributed by atoms with Crippen molar-refractivity contribution in [2.45, 2.75) is 63.8 Å². The zero-order chi connectivity index (χ0) is 11.2. The van der Waals surface area contributed by atoms with Crippen LogP contribution in [0.1, 0.15) is 57.8 Å². The van der Waals surface area contributed by atoms with Crippen LogP contribution in [0.5, 0.6) is 0 Å². The molecular weight excluding hydrogens is 198 g/mol. The van der Waals surface area contributed by atoms with Gasteiger partial charge < -0.3 is 10.0 Å². The third-order valence-electron chi connectivity index (χ3n) is 4.43. The smallest absolute Gasteiger partial charge is 0.0434 e. The zero-order valence-corrected chi connectivity index (χ0v) is 10.5. The highest BCUT2D eigenvalue weighted by molar-refractivity contribution is 4.80. The number of hydrogen-bond acceptors (Lipinski definition) is 2. The number of piperidine rings is 1. The highest BCUT2D eigenvalue weighted by Gasteiger charge is 2.25. The van der Waals surface area contributed by atoms with Crippen molar-refractivity contribution >= 4 is 0 Å². The van der Waals surface area contributed by atoms with E-state index < -0.39 is 0 Å². The Bertz CT molecular complexity index is 185. The SMILES string of the molecule is OCCC1CCCN(C2CCCCCC2)C1. The van der Waals surface area contributed by atoms with Gasteiger partial charge in [0.05, 0.1) is 0 Å². The first-order valence-electron chi connectivity index (χ1n) is 7.25. The van der Waals surface area contributed by atoms with Crippen LogP contribution in [0, 0.1) is 5.92 Å². The molecule has 1 aliphatic carbocycles. The summed E-state index contributed by atoms with van der Waals surface area (Å²) in [5.41, 5.74) is 0. The summed E-state index contributed by atoms with van der Waals surface area (Å²) in [5.74, 6) is 0.766. The van der Waals surface area contributed by atoms with Gasteiger partial charge in [-0.2, -0.15) is 0 Å². The summed E-state index contributed by atoms with van der Waals surface area (Å²) in [5, 5.41) is 9.04. The van der Waals surface area contributed by atoms with Crippen LogP contribution in [-0.2, 0) is 0 Å². The van der Waals surface area contributed by atoms with E-state index in [1.165, 1.54) is 64.5 Å². The van der Waals surface area contributed by atoms with E-state index in [0.29, 0.717) is 6.61 Å². The number of rotatable bonds is 3. The average molecular weight is 225 g/mol. The van der Waals surface area contributed by atoms with Crippen LogP contribution in [0.25, 0.3) is 0 Å². The van der Waals surface area contributed by atoms with Gasteiger partial charge in [0.1, 0.15) is 0 Å². The summed E-state index contributed by atoms with van der Waals surface area (Å²) in [4.78, 5) is 2.73. The molecule has 2 heteroatoms. The summed E-state index contributed by atoms with van der Waals surface area (Å²) < 4.78 is 0. The van der Waals surface area contributed by atoms with Crippen molar-refractivity contribution in [3.05, 3.63) is 0 Å². The third-order valence-corrected chi connectivity index (χ3v) is 4.43. The minimum Gasteiger partial charge on any atom is -0.396 e. The molecule has 0 spiro atoms. The lowest BCUT2D eigenvalue weighted by atomic mass is 9.93. The van der Waals surface area contributed by atoms with Gasteiger partial charge >= 0.3 is 0 Å². The van der Waals surface area contributed by atoms with Gasteiger partial charge in [0.25, 0.3) is 0 Å². The van der Waals surface area contributed by atoms with Crippen molar-refractivity contribution in [2.75, 3.05) is 19.7 Å². The highest BCUT2D eigenvalue weighted by atomic mass is 16.3. The molecule has 16 heavy (non-hydrogen) atoms. The Balaban J connectivity index is 1.82. The molecule has 2 fully saturated rings. The quantitative estimate of drug-likeness (QED) is 0.747. The van der Waals surface area contributed by atoms with Crippen LogP contribution in [0.4, 0.5) is 0 Å². The molecule has 1 N–H and O–H groups in total. The number of nitrogens with zero attached hydrogens (tertiary/aromatic N) is 1.